The summed E-state index contributed by atoms with van der Waals surface area (Å²) in [7, 11) is -1.71. The molecule has 0 fully saturated rings. The van der Waals surface area contributed by atoms with E-state index in [-0.39, 0.29) is 11.5 Å². The molecule has 1 rings (SSSR count). The Bertz CT molecular complexity index is 547. The van der Waals surface area contributed by atoms with Gasteiger partial charge < -0.3 is 10.5 Å². The highest BCUT2D eigenvalue weighted by Gasteiger charge is 2.13. The molecule has 0 aliphatic rings. The summed E-state index contributed by atoms with van der Waals surface area (Å²) in [5.74, 6) is 0.434. The molecule has 0 radical (unpaired) electrons. The van der Waals surface area contributed by atoms with Gasteiger partial charge in [0.25, 0.3) is 0 Å². The molecule has 0 unspecified atom stereocenters. The molecule has 6 heteroatoms. The highest BCUT2D eigenvalue weighted by molar-refractivity contribution is 7.90. The summed E-state index contributed by atoms with van der Waals surface area (Å²) in [4.78, 5) is 0. The number of benzene rings is 1. The molecule has 0 amide bonds. The molecule has 0 saturated heterocycles. The zero-order valence-electron chi connectivity index (χ0n) is 10.2. The molecule has 98 valence electrons. The molecule has 0 aliphatic heterocycles. The van der Waals surface area contributed by atoms with Crippen LogP contribution < -0.4 is 10.5 Å². The second kappa shape index (κ2) is 6.38. The van der Waals surface area contributed by atoms with Crippen LogP contribution in [0.2, 0.25) is 0 Å². The summed E-state index contributed by atoms with van der Waals surface area (Å²) >= 11 is 0. The smallest absolute Gasteiger partial charge is 0.154 e. The van der Waals surface area contributed by atoms with Crippen LogP contribution in [0.15, 0.2) is 18.2 Å². The summed E-state index contributed by atoms with van der Waals surface area (Å²) in [6.07, 6.45) is 0.448. The molecule has 1 aromatic rings. The standard InChI is InChI=1S/C12H16N2O3S/c1-17-12-4-3-10(7-11(12)8-14)9-18(15,16)6-2-5-13/h3-4,7H,2,5-6,9,13H2,1H3. The Balaban J connectivity index is 2.90. The van der Waals surface area contributed by atoms with Gasteiger partial charge in [-0.25, -0.2) is 8.42 Å². The lowest BCUT2D eigenvalue weighted by Crippen LogP contribution is -2.13. The largest absolute Gasteiger partial charge is 0.495 e. The number of ether oxygens (including phenoxy) is 1. The van der Waals surface area contributed by atoms with E-state index < -0.39 is 9.84 Å². The lowest BCUT2D eigenvalue weighted by atomic mass is 10.1. The van der Waals surface area contributed by atoms with Gasteiger partial charge in [-0.15, -0.1) is 0 Å². The van der Waals surface area contributed by atoms with Crippen LogP contribution >= 0.6 is 0 Å². The molecule has 0 aromatic heterocycles. The number of hydrogen-bond donors (Lipinski definition) is 1. The van der Waals surface area contributed by atoms with Gasteiger partial charge >= 0.3 is 0 Å². The first kappa shape index (κ1) is 14.5. The van der Waals surface area contributed by atoms with Gasteiger partial charge in [0.05, 0.1) is 24.2 Å². The van der Waals surface area contributed by atoms with Crippen molar-refractivity contribution >= 4 is 9.84 Å². The van der Waals surface area contributed by atoms with Gasteiger partial charge in [-0.1, -0.05) is 6.07 Å². The van der Waals surface area contributed by atoms with E-state index in [1.54, 1.807) is 18.2 Å². The Morgan fingerprint density at radius 2 is 2.17 bits per heavy atom. The fraction of sp³-hybridized carbons (Fsp3) is 0.417. The number of nitriles is 1. The Kier molecular flexibility index (Phi) is 5.13. The van der Waals surface area contributed by atoms with Crippen molar-refractivity contribution in [2.75, 3.05) is 19.4 Å². The van der Waals surface area contributed by atoms with Gasteiger partial charge in [-0.05, 0) is 30.7 Å². The Morgan fingerprint density at radius 3 is 2.72 bits per heavy atom. The first-order valence-corrected chi connectivity index (χ1v) is 7.32. The monoisotopic (exact) mass is 268 g/mol. The fourth-order valence-corrected chi connectivity index (χ4v) is 3.00. The van der Waals surface area contributed by atoms with Crippen molar-refractivity contribution in [1.82, 2.24) is 0 Å². The number of nitrogens with two attached hydrogens (primary N) is 1. The van der Waals surface area contributed by atoms with E-state index in [2.05, 4.69) is 0 Å². The molecule has 0 bridgehead atoms. The third-order valence-electron chi connectivity index (χ3n) is 2.43. The maximum atomic E-state index is 11.7. The van der Waals surface area contributed by atoms with E-state index in [4.69, 9.17) is 15.7 Å². The van der Waals surface area contributed by atoms with Crippen molar-refractivity contribution < 1.29 is 13.2 Å². The summed E-state index contributed by atoms with van der Waals surface area (Å²) in [6.45, 7) is 0.352. The van der Waals surface area contributed by atoms with Crippen LogP contribution in [0.1, 0.15) is 17.5 Å². The van der Waals surface area contributed by atoms with E-state index in [1.165, 1.54) is 7.11 Å². The third-order valence-corrected chi connectivity index (χ3v) is 4.11. The van der Waals surface area contributed by atoms with Crippen LogP contribution in [0.4, 0.5) is 0 Å². The minimum Gasteiger partial charge on any atom is -0.495 e. The van der Waals surface area contributed by atoms with Gasteiger partial charge in [0.2, 0.25) is 0 Å². The van der Waals surface area contributed by atoms with E-state index in [0.717, 1.165) is 0 Å². The van der Waals surface area contributed by atoms with Crippen LogP contribution in [-0.4, -0.2) is 27.8 Å². The number of sulfone groups is 1. The maximum absolute atomic E-state index is 11.7. The predicted molar refractivity (Wildman–Crippen MR) is 68.9 cm³/mol. The molecule has 0 saturated carbocycles. The van der Waals surface area contributed by atoms with Gasteiger partial charge in [0, 0.05) is 0 Å². The van der Waals surface area contributed by atoms with Gasteiger partial charge in [-0.2, -0.15) is 5.26 Å². The van der Waals surface area contributed by atoms with Gasteiger partial charge in [0.15, 0.2) is 9.84 Å². The summed E-state index contributed by atoms with van der Waals surface area (Å²) in [5.41, 5.74) is 6.21. The molecule has 0 atom stereocenters. The Morgan fingerprint density at radius 1 is 1.44 bits per heavy atom. The molecule has 5 nitrogen and oxygen atoms in total. The molecule has 0 heterocycles. The molecule has 2 N–H and O–H groups in total. The Hall–Kier alpha value is -1.58. The lowest BCUT2D eigenvalue weighted by Gasteiger charge is -2.07. The third kappa shape index (κ3) is 4.02. The molecule has 18 heavy (non-hydrogen) atoms. The zero-order chi connectivity index (χ0) is 13.6. The maximum Gasteiger partial charge on any atom is 0.154 e. The number of nitrogens with zero attached hydrogens (tertiary/aromatic N) is 1. The number of rotatable bonds is 6. The van der Waals surface area contributed by atoms with Crippen LogP contribution in [0, 0.1) is 11.3 Å². The predicted octanol–water partition coefficient (Wildman–Crippen LogP) is 0.830. The summed E-state index contributed by atoms with van der Waals surface area (Å²) < 4.78 is 28.5. The lowest BCUT2D eigenvalue weighted by molar-refractivity contribution is 0.413. The fourth-order valence-electron chi connectivity index (χ4n) is 1.56. The Labute approximate surface area is 107 Å². The average molecular weight is 268 g/mol. The normalized spacial score (nSPS) is 10.9. The minimum atomic E-state index is -3.17. The topological polar surface area (TPSA) is 93.2 Å². The number of methoxy groups -OCH3 is 1. The average Bonchev–Trinajstić information content (AvgIpc) is 2.35. The molecule has 1 aromatic carbocycles. The summed E-state index contributed by atoms with van der Waals surface area (Å²) in [6, 6.07) is 6.77. The second-order valence-corrected chi connectivity index (χ2v) is 6.06. The summed E-state index contributed by atoms with van der Waals surface area (Å²) in [5, 5.41) is 8.92. The SMILES string of the molecule is COc1ccc(CS(=O)(=O)CCCN)cc1C#N. The highest BCUT2D eigenvalue weighted by atomic mass is 32.2. The zero-order valence-corrected chi connectivity index (χ0v) is 11.0. The van der Waals surface area contributed by atoms with Crippen molar-refractivity contribution in [2.24, 2.45) is 5.73 Å². The van der Waals surface area contributed by atoms with Crippen molar-refractivity contribution in [3.63, 3.8) is 0 Å². The molecular formula is C12H16N2O3S. The highest BCUT2D eigenvalue weighted by Crippen LogP contribution is 2.20. The van der Waals surface area contributed by atoms with Crippen LogP contribution in [0.5, 0.6) is 5.75 Å². The molecule has 0 spiro atoms. The van der Waals surface area contributed by atoms with Crippen molar-refractivity contribution in [3.05, 3.63) is 29.3 Å². The van der Waals surface area contributed by atoms with Crippen LogP contribution in [-0.2, 0) is 15.6 Å². The van der Waals surface area contributed by atoms with E-state index in [0.29, 0.717) is 29.8 Å². The quantitative estimate of drug-likeness (QED) is 0.824. The second-order valence-electron chi connectivity index (χ2n) is 3.88. The van der Waals surface area contributed by atoms with Crippen LogP contribution in [0.25, 0.3) is 0 Å². The van der Waals surface area contributed by atoms with Crippen molar-refractivity contribution in [1.29, 1.82) is 5.26 Å². The van der Waals surface area contributed by atoms with Crippen molar-refractivity contribution in [2.45, 2.75) is 12.2 Å². The van der Waals surface area contributed by atoms with E-state index >= 15 is 0 Å². The molecule has 0 aliphatic carbocycles. The number of hydrogen-bond acceptors (Lipinski definition) is 5. The van der Waals surface area contributed by atoms with Gasteiger partial charge in [-0.3, -0.25) is 0 Å². The van der Waals surface area contributed by atoms with Crippen LogP contribution in [0.3, 0.4) is 0 Å². The first-order chi connectivity index (χ1) is 8.52. The minimum absolute atomic E-state index is 0.0669. The first-order valence-electron chi connectivity index (χ1n) is 5.50. The van der Waals surface area contributed by atoms with E-state index in [9.17, 15) is 8.42 Å². The van der Waals surface area contributed by atoms with Gasteiger partial charge in [0.1, 0.15) is 11.8 Å². The molecular weight excluding hydrogens is 252 g/mol. The van der Waals surface area contributed by atoms with Crippen molar-refractivity contribution in [3.8, 4) is 11.8 Å². The van der Waals surface area contributed by atoms with E-state index in [1.807, 2.05) is 6.07 Å².